The fourth-order valence-corrected chi connectivity index (χ4v) is 2.87. The second-order valence-electron chi connectivity index (χ2n) is 5.16. The van der Waals surface area contributed by atoms with Crippen LogP contribution in [0, 0.1) is 5.92 Å². The van der Waals surface area contributed by atoms with Crippen LogP contribution in [0.2, 0.25) is 0 Å². The number of hydrogen-bond donors (Lipinski definition) is 0. The first kappa shape index (κ1) is 10.0. The minimum Gasteiger partial charge on any atom is -0.357 e. The number of benzene rings is 1. The number of carbonyl (C=O) groups excluding carboxylic acids is 1. The van der Waals surface area contributed by atoms with Crippen molar-refractivity contribution in [3.8, 4) is 0 Å². The summed E-state index contributed by atoms with van der Waals surface area (Å²) < 4.78 is 5.73. The van der Waals surface area contributed by atoms with Gasteiger partial charge in [0.25, 0.3) is 0 Å². The summed E-state index contributed by atoms with van der Waals surface area (Å²) in [7, 11) is 0. The number of aryl methyl sites for hydroxylation is 1. The topological polar surface area (TPSA) is 29.6 Å². The first-order valence-electron chi connectivity index (χ1n) is 5.96. The van der Waals surface area contributed by atoms with Gasteiger partial charge in [0.05, 0.1) is 6.10 Å². The van der Waals surface area contributed by atoms with Gasteiger partial charge in [-0.1, -0.05) is 38.1 Å². The molecule has 2 aliphatic rings. The fourth-order valence-electron chi connectivity index (χ4n) is 2.87. The Morgan fingerprint density at radius 1 is 1.38 bits per heavy atom. The predicted molar refractivity (Wildman–Crippen MR) is 61.5 cm³/mol. The lowest BCUT2D eigenvalue weighted by Crippen LogP contribution is -2.34. The Hall–Kier alpha value is -1.15. The molecule has 0 amide bonds. The van der Waals surface area contributed by atoms with Crippen LogP contribution in [0.15, 0.2) is 24.3 Å². The quantitative estimate of drug-likeness (QED) is 0.675. The molecule has 2 atom stereocenters. The van der Waals surface area contributed by atoms with E-state index >= 15 is 0 Å². The van der Waals surface area contributed by atoms with E-state index in [1.807, 2.05) is 24.3 Å². The fraction of sp³-hybridized carbons (Fsp3) is 0.500. The standard InChI is InChI=1S/C14H16O2/c1-9(2)13-14(16-13)8-7-10-5-3-4-6-11(10)12(14)15/h3-6,9,13H,7-8H2,1-2H3/t13-,14-/m0/s1. The molecule has 0 N–H and O–H groups in total. The molecule has 0 radical (unpaired) electrons. The molecule has 1 fully saturated rings. The van der Waals surface area contributed by atoms with Crippen molar-refractivity contribution >= 4 is 5.78 Å². The van der Waals surface area contributed by atoms with E-state index in [1.54, 1.807) is 0 Å². The average Bonchev–Trinajstić information content (AvgIpc) is 3.01. The van der Waals surface area contributed by atoms with Crippen LogP contribution >= 0.6 is 0 Å². The zero-order chi connectivity index (χ0) is 11.3. The van der Waals surface area contributed by atoms with E-state index in [9.17, 15) is 4.79 Å². The number of rotatable bonds is 1. The molecule has 2 heteroatoms. The molecule has 0 bridgehead atoms. The molecule has 0 unspecified atom stereocenters. The van der Waals surface area contributed by atoms with Gasteiger partial charge in [0, 0.05) is 5.56 Å². The third kappa shape index (κ3) is 1.20. The number of hydrogen-bond acceptors (Lipinski definition) is 2. The summed E-state index contributed by atoms with van der Waals surface area (Å²) in [5.41, 5.74) is 1.58. The number of ether oxygens (including phenoxy) is 1. The zero-order valence-corrected chi connectivity index (χ0v) is 9.69. The van der Waals surface area contributed by atoms with Crippen molar-refractivity contribution in [1.82, 2.24) is 0 Å². The summed E-state index contributed by atoms with van der Waals surface area (Å²) in [6.45, 7) is 4.24. The Kier molecular flexibility index (Phi) is 1.99. The van der Waals surface area contributed by atoms with Gasteiger partial charge >= 0.3 is 0 Å². The predicted octanol–water partition coefficient (Wildman–Crippen LogP) is 2.61. The molecule has 1 aliphatic heterocycles. The van der Waals surface area contributed by atoms with Crippen molar-refractivity contribution < 1.29 is 9.53 Å². The Bertz CT molecular complexity index is 450. The molecule has 0 saturated carbocycles. The van der Waals surface area contributed by atoms with E-state index in [0.717, 1.165) is 18.4 Å². The van der Waals surface area contributed by atoms with Gasteiger partial charge in [-0.3, -0.25) is 4.79 Å². The van der Waals surface area contributed by atoms with Gasteiger partial charge in [0.2, 0.25) is 0 Å². The third-order valence-corrected chi connectivity index (χ3v) is 3.76. The second kappa shape index (κ2) is 3.17. The lowest BCUT2D eigenvalue weighted by Gasteiger charge is -2.21. The third-order valence-electron chi connectivity index (χ3n) is 3.76. The monoisotopic (exact) mass is 216 g/mol. The summed E-state index contributed by atoms with van der Waals surface area (Å²) in [6.07, 6.45) is 1.95. The molecule has 84 valence electrons. The van der Waals surface area contributed by atoms with E-state index < -0.39 is 5.60 Å². The van der Waals surface area contributed by atoms with Gasteiger partial charge in [-0.2, -0.15) is 0 Å². The van der Waals surface area contributed by atoms with Crippen molar-refractivity contribution in [2.75, 3.05) is 0 Å². The van der Waals surface area contributed by atoms with E-state index in [0.29, 0.717) is 5.92 Å². The number of ketones is 1. The number of fused-ring (bicyclic) bond motifs is 1. The minimum atomic E-state index is -0.470. The van der Waals surface area contributed by atoms with E-state index in [4.69, 9.17) is 4.74 Å². The first-order chi connectivity index (χ1) is 7.65. The summed E-state index contributed by atoms with van der Waals surface area (Å²) in [6, 6.07) is 7.91. The molecular formula is C14H16O2. The zero-order valence-electron chi connectivity index (χ0n) is 9.69. The van der Waals surface area contributed by atoms with Gasteiger partial charge in [-0.05, 0) is 24.3 Å². The van der Waals surface area contributed by atoms with Crippen molar-refractivity contribution in [3.63, 3.8) is 0 Å². The van der Waals surface area contributed by atoms with Crippen LogP contribution in [-0.4, -0.2) is 17.5 Å². The number of carbonyl (C=O) groups is 1. The lowest BCUT2D eigenvalue weighted by atomic mass is 9.78. The van der Waals surface area contributed by atoms with Crippen LogP contribution in [0.4, 0.5) is 0 Å². The smallest absolute Gasteiger partial charge is 0.197 e. The van der Waals surface area contributed by atoms with Gasteiger partial charge in [-0.25, -0.2) is 0 Å². The van der Waals surface area contributed by atoms with Crippen LogP contribution in [0.1, 0.15) is 36.2 Å². The van der Waals surface area contributed by atoms with E-state index in [2.05, 4.69) is 13.8 Å². The van der Waals surface area contributed by atoms with Gasteiger partial charge in [0.1, 0.15) is 0 Å². The molecule has 1 heterocycles. The normalized spacial score (nSPS) is 31.9. The minimum absolute atomic E-state index is 0.133. The van der Waals surface area contributed by atoms with Crippen LogP contribution < -0.4 is 0 Å². The molecule has 3 rings (SSSR count). The summed E-state index contributed by atoms with van der Waals surface area (Å²) >= 11 is 0. The van der Waals surface area contributed by atoms with Crippen LogP contribution in [-0.2, 0) is 11.2 Å². The number of Topliss-reactive ketones (excluding diaryl/α,β-unsaturated/α-hetero) is 1. The van der Waals surface area contributed by atoms with Gasteiger partial charge in [-0.15, -0.1) is 0 Å². The van der Waals surface area contributed by atoms with Gasteiger partial charge < -0.3 is 4.74 Å². The second-order valence-corrected chi connectivity index (χ2v) is 5.16. The van der Waals surface area contributed by atoms with Crippen LogP contribution in [0.3, 0.4) is 0 Å². The molecule has 1 aromatic carbocycles. The molecule has 1 aliphatic carbocycles. The molecule has 1 aromatic rings. The molecule has 16 heavy (non-hydrogen) atoms. The highest BCUT2D eigenvalue weighted by Gasteiger charge is 2.64. The van der Waals surface area contributed by atoms with E-state index in [-0.39, 0.29) is 11.9 Å². The maximum absolute atomic E-state index is 12.4. The lowest BCUT2D eigenvalue weighted by molar-refractivity contribution is 0.0850. The Morgan fingerprint density at radius 3 is 2.81 bits per heavy atom. The Morgan fingerprint density at radius 2 is 2.12 bits per heavy atom. The summed E-state index contributed by atoms with van der Waals surface area (Å²) in [4.78, 5) is 12.4. The van der Waals surface area contributed by atoms with Crippen molar-refractivity contribution in [1.29, 1.82) is 0 Å². The highest BCUT2D eigenvalue weighted by molar-refractivity contribution is 6.06. The number of epoxide rings is 1. The highest BCUT2D eigenvalue weighted by atomic mass is 16.6. The Balaban J connectivity index is 1.97. The summed E-state index contributed by atoms with van der Waals surface area (Å²) in [5.74, 6) is 0.627. The molecule has 1 spiro atoms. The van der Waals surface area contributed by atoms with Crippen LogP contribution in [0.5, 0.6) is 0 Å². The maximum atomic E-state index is 12.4. The molecular weight excluding hydrogens is 200 g/mol. The SMILES string of the molecule is CC(C)[C@@H]1O[C@]12CCc1ccccc1C2=O. The van der Waals surface area contributed by atoms with Crippen molar-refractivity contribution in [2.45, 2.75) is 38.4 Å². The molecule has 0 aromatic heterocycles. The van der Waals surface area contributed by atoms with Crippen molar-refractivity contribution in [3.05, 3.63) is 35.4 Å². The average molecular weight is 216 g/mol. The van der Waals surface area contributed by atoms with E-state index in [1.165, 1.54) is 5.56 Å². The largest absolute Gasteiger partial charge is 0.357 e. The van der Waals surface area contributed by atoms with Crippen molar-refractivity contribution in [2.24, 2.45) is 5.92 Å². The van der Waals surface area contributed by atoms with Gasteiger partial charge in [0.15, 0.2) is 11.4 Å². The first-order valence-corrected chi connectivity index (χ1v) is 5.96. The van der Waals surface area contributed by atoms with Crippen LogP contribution in [0.25, 0.3) is 0 Å². The molecule has 2 nitrogen and oxygen atoms in total. The summed E-state index contributed by atoms with van der Waals surface area (Å²) in [5, 5.41) is 0. The maximum Gasteiger partial charge on any atom is 0.197 e. The molecule has 1 saturated heterocycles. The Labute approximate surface area is 95.6 Å². The highest BCUT2D eigenvalue weighted by Crippen LogP contribution is 2.49.